The summed E-state index contributed by atoms with van der Waals surface area (Å²) in [7, 11) is 0. The van der Waals surface area contributed by atoms with E-state index in [0.29, 0.717) is 0 Å². The van der Waals surface area contributed by atoms with Crippen LogP contribution in [-0.4, -0.2) is 11.6 Å². The Hall–Kier alpha value is -0.660. The Morgan fingerprint density at radius 3 is 1.89 bits per heavy atom. The van der Waals surface area contributed by atoms with Crippen molar-refractivity contribution in [3.05, 3.63) is 0 Å². The largest absolute Gasteiger partial charge is 0.291 e. The minimum atomic E-state index is -0.296. The van der Waals surface area contributed by atoms with Crippen molar-refractivity contribution in [2.75, 3.05) is 0 Å². The molecule has 1 rings (SSSR count). The zero-order valence-electron chi connectivity index (χ0n) is 5.73. The number of carbonyl (C=O) groups excluding carboxylic acids is 2. The summed E-state index contributed by atoms with van der Waals surface area (Å²) in [6.07, 6.45) is 1.79. The van der Waals surface area contributed by atoms with Crippen LogP contribution in [0.1, 0.15) is 26.7 Å². The summed E-state index contributed by atoms with van der Waals surface area (Å²) in [5.41, 5.74) is -0.258. The van der Waals surface area contributed by atoms with E-state index >= 15 is 0 Å². The maximum absolute atomic E-state index is 10.9. The lowest BCUT2D eigenvalue weighted by atomic mass is 10.0. The molecule has 0 spiro atoms. The summed E-state index contributed by atoms with van der Waals surface area (Å²) in [5.74, 6) is -0.488. The van der Waals surface area contributed by atoms with Crippen molar-refractivity contribution in [2.24, 2.45) is 5.41 Å². The maximum Gasteiger partial charge on any atom is 0.203 e. The first-order valence-corrected chi connectivity index (χ1v) is 3.12. The summed E-state index contributed by atoms with van der Waals surface area (Å²) in [6.45, 7) is 3.18. The molecule has 1 saturated carbocycles. The summed E-state index contributed by atoms with van der Waals surface area (Å²) < 4.78 is 0. The van der Waals surface area contributed by atoms with Crippen molar-refractivity contribution in [1.29, 1.82) is 0 Å². The molecule has 0 heterocycles. The Bertz CT molecular complexity index is 166. The van der Waals surface area contributed by atoms with Crippen LogP contribution in [0.3, 0.4) is 0 Å². The number of ketones is 2. The van der Waals surface area contributed by atoms with E-state index in [9.17, 15) is 9.59 Å². The summed E-state index contributed by atoms with van der Waals surface area (Å²) in [6, 6.07) is 0. The van der Waals surface area contributed by atoms with Crippen LogP contribution in [0.25, 0.3) is 0 Å². The Labute approximate surface area is 54.2 Å². The highest BCUT2D eigenvalue weighted by Gasteiger charge is 2.46. The molecule has 9 heavy (non-hydrogen) atoms. The highest BCUT2D eigenvalue weighted by molar-refractivity contribution is 6.38. The molecule has 0 N–H and O–H groups in total. The van der Waals surface area contributed by atoms with E-state index in [1.807, 2.05) is 6.92 Å². The van der Waals surface area contributed by atoms with Crippen LogP contribution < -0.4 is 0 Å². The lowest BCUT2D eigenvalue weighted by Crippen LogP contribution is -2.19. The molecule has 0 unspecified atom stereocenters. The van der Waals surface area contributed by atoms with Crippen molar-refractivity contribution in [3.63, 3.8) is 0 Å². The lowest BCUT2D eigenvalue weighted by molar-refractivity contribution is -0.138. The molecule has 0 amide bonds. The van der Waals surface area contributed by atoms with Gasteiger partial charge in [-0.25, -0.2) is 0 Å². The quantitative estimate of drug-likeness (QED) is 0.516. The van der Waals surface area contributed by atoms with Gasteiger partial charge in [0.1, 0.15) is 0 Å². The minimum absolute atomic E-state index is 0.192. The monoisotopic (exact) mass is 126 g/mol. The van der Waals surface area contributed by atoms with E-state index in [1.165, 1.54) is 6.92 Å². The zero-order chi connectivity index (χ0) is 7.07. The van der Waals surface area contributed by atoms with Gasteiger partial charge >= 0.3 is 0 Å². The average molecular weight is 126 g/mol. The summed E-state index contributed by atoms with van der Waals surface area (Å²) >= 11 is 0. The molecule has 0 aliphatic heterocycles. The molecule has 0 atom stereocenters. The molecular weight excluding hydrogens is 116 g/mol. The van der Waals surface area contributed by atoms with Crippen LogP contribution in [0, 0.1) is 5.41 Å². The average Bonchev–Trinajstić information content (AvgIpc) is 2.47. The van der Waals surface area contributed by atoms with E-state index in [0.717, 1.165) is 12.8 Å². The Morgan fingerprint density at radius 1 is 1.33 bits per heavy atom. The number of hydrogen-bond acceptors (Lipinski definition) is 2. The Kier molecular flexibility index (Phi) is 1.19. The van der Waals surface area contributed by atoms with E-state index in [4.69, 9.17) is 0 Å². The van der Waals surface area contributed by atoms with Gasteiger partial charge in [0.2, 0.25) is 5.78 Å². The molecule has 0 saturated heterocycles. The van der Waals surface area contributed by atoms with Gasteiger partial charge in [-0.15, -0.1) is 0 Å². The first-order chi connectivity index (χ1) is 4.06. The maximum atomic E-state index is 10.9. The van der Waals surface area contributed by atoms with Gasteiger partial charge in [-0.1, -0.05) is 6.92 Å². The van der Waals surface area contributed by atoms with Gasteiger partial charge in [0, 0.05) is 12.3 Å². The van der Waals surface area contributed by atoms with Crippen LogP contribution in [0.15, 0.2) is 0 Å². The minimum Gasteiger partial charge on any atom is -0.291 e. The number of hydrogen-bond donors (Lipinski definition) is 0. The molecular formula is C7H10O2. The number of Topliss-reactive ketones (excluding diaryl/α,β-unsaturated/α-hetero) is 2. The molecule has 1 aliphatic rings. The van der Waals surface area contributed by atoms with Crippen LogP contribution >= 0.6 is 0 Å². The third-order valence-electron chi connectivity index (χ3n) is 1.87. The fourth-order valence-electron chi connectivity index (χ4n) is 0.840. The molecule has 0 aromatic rings. The first kappa shape index (κ1) is 6.46. The normalized spacial score (nSPS) is 21.1. The topological polar surface area (TPSA) is 34.1 Å². The van der Waals surface area contributed by atoms with Gasteiger partial charge in [0.15, 0.2) is 5.78 Å². The molecule has 2 nitrogen and oxygen atoms in total. The standard InChI is InChI=1S/C7H10O2/c1-5(8)6(9)7(2)3-4-7/h3-4H2,1-2H3. The van der Waals surface area contributed by atoms with Gasteiger partial charge in [-0.05, 0) is 12.8 Å². The molecule has 0 aromatic heterocycles. The SMILES string of the molecule is CC(=O)C(=O)C1(C)CC1. The summed E-state index contributed by atoms with van der Waals surface area (Å²) in [5, 5.41) is 0. The van der Waals surface area contributed by atoms with Crippen molar-refractivity contribution < 1.29 is 9.59 Å². The highest BCUT2D eigenvalue weighted by Crippen LogP contribution is 2.45. The van der Waals surface area contributed by atoms with Crippen molar-refractivity contribution in [3.8, 4) is 0 Å². The van der Waals surface area contributed by atoms with E-state index in [-0.39, 0.29) is 17.0 Å². The van der Waals surface area contributed by atoms with Crippen LogP contribution in [0.4, 0.5) is 0 Å². The van der Waals surface area contributed by atoms with Gasteiger partial charge in [0.25, 0.3) is 0 Å². The third-order valence-corrected chi connectivity index (χ3v) is 1.87. The van der Waals surface area contributed by atoms with Crippen molar-refractivity contribution >= 4 is 11.6 Å². The Morgan fingerprint density at radius 2 is 1.78 bits per heavy atom. The number of carbonyl (C=O) groups is 2. The van der Waals surface area contributed by atoms with Crippen LogP contribution in [0.2, 0.25) is 0 Å². The van der Waals surface area contributed by atoms with Crippen molar-refractivity contribution in [2.45, 2.75) is 26.7 Å². The van der Waals surface area contributed by atoms with Crippen molar-refractivity contribution in [1.82, 2.24) is 0 Å². The van der Waals surface area contributed by atoms with E-state index < -0.39 is 0 Å². The highest BCUT2D eigenvalue weighted by atomic mass is 16.2. The lowest BCUT2D eigenvalue weighted by Gasteiger charge is -1.99. The van der Waals surface area contributed by atoms with Gasteiger partial charge in [-0.2, -0.15) is 0 Å². The summed E-state index contributed by atoms with van der Waals surface area (Å²) in [4.78, 5) is 21.4. The number of rotatable bonds is 2. The first-order valence-electron chi connectivity index (χ1n) is 3.12. The fourth-order valence-corrected chi connectivity index (χ4v) is 0.840. The molecule has 0 aromatic carbocycles. The second-order valence-corrected chi connectivity index (χ2v) is 2.95. The second kappa shape index (κ2) is 1.66. The van der Waals surface area contributed by atoms with E-state index in [1.54, 1.807) is 0 Å². The zero-order valence-corrected chi connectivity index (χ0v) is 5.73. The molecule has 1 fully saturated rings. The van der Waals surface area contributed by atoms with Gasteiger partial charge in [0.05, 0.1) is 0 Å². The molecule has 0 radical (unpaired) electrons. The van der Waals surface area contributed by atoms with E-state index in [2.05, 4.69) is 0 Å². The molecule has 0 bridgehead atoms. The third kappa shape index (κ3) is 1.02. The predicted molar refractivity (Wildman–Crippen MR) is 33.0 cm³/mol. The molecule has 50 valence electrons. The smallest absolute Gasteiger partial charge is 0.203 e. The fraction of sp³-hybridized carbons (Fsp3) is 0.714. The van der Waals surface area contributed by atoms with Crippen LogP contribution in [-0.2, 0) is 9.59 Å². The van der Waals surface area contributed by atoms with Gasteiger partial charge in [-0.3, -0.25) is 9.59 Å². The molecule has 2 heteroatoms. The Balaban J connectivity index is 2.63. The second-order valence-electron chi connectivity index (χ2n) is 2.95. The van der Waals surface area contributed by atoms with Crippen LogP contribution in [0.5, 0.6) is 0 Å². The predicted octanol–water partition coefficient (Wildman–Crippen LogP) is 0.945. The molecule has 1 aliphatic carbocycles. The van der Waals surface area contributed by atoms with Gasteiger partial charge < -0.3 is 0 Å².